The maximum Gasteiger partial charge on any atom is 0.227 e. The predicted octanol–water partition coefficient (Wildman–Crippen LogP) is 3.12. The van der Waals surface area contributed by atoms with Crippen molar-refractivity contribution in [2.75, 3.05) is 31.3 Å². The molecule has 0 N–H and O–H groups in total. The zero-order valence-electron chi connectivity index (χ0n) is 14.0. The molecule has 1 aliphatic rings. The molecule has 1 saturated heterocycles. The van der Waals surface area contributed by atoms with Crippen LogP contribution in [0.2, 0.25) is 0 Å². The molecule has 2 aromatic carbocycles. The number of hydrogen-bond donors (Lipinski definition) is 0. The van der Waals surface area contributed by atoms with Crippen LogP contribution in [-0.4, -0.2) is 40.9 Å². The third-order valence-corrected chi connectivity index (χ3v) is 4.60. The summed E-state index contributed by atoms with van der Waals surface area (Å²) >= 11 is 0. The number of para-hydroxylation sites is 2. The molecule has 0 bridgehead atoms. The first kappa shape index (κ1) is 14.5. The van der Waals surface area contributed by atoms with E-state index in [0.29, 0.717) is 5.89 Å². The lowest BCUT2D eigenvalue weighted by atomic mass is 10.2. The Bertz CT molecular complexity index is 1030. The van der Waals surface area contributed by atoms with Crippen LogP contribution in [0.1, 0.15) is 5.82 Å². The standard InChI is InChI=1S/C19H18N4O2/c1-13-20-16-12-14(19-21-15-4-2-3-5-18(15)25-19)6-7-17(16)23(13)22-8-10-24-11-9-22/h2-7,12H,8-11H2,1H3. The van der Waals surface area contributed by atoms with E-state index in [0.717, 1.165) is 59.8 Å². The van der Waals surface area contributed by atoms with Crippen molar-refractivity contribution >= 4 is 22.1 Å². The Kier molecular flexibility index (Phi) is 3.24. The average molecular weight is 334 g/mol. The van der Waals surface area contributed by atoms with E-state index in [4.69, 9.17) is 14.1 Å². The highest BCUT2D eigenvalue weighted by Crippen LogP contribution is 2.27. The van der Waals surface area contributed by atoms with Gasteiger partial charge in [0.25, 0.3) is 0 Å². The first-order valence-corrected chi connectivity index (χ1v) is 8.48. The number of aryl methyl sites for hydroxylation is 1. The van der Waals surface area contributed by atoms with Gasteiger partial charge in [-0.2, -0.15) is 0 Å². The molecule has 126 valence electrons. The van der Waals surface area contributed by atoms with Gasteiger partial charge in [-0.3, -0.25) is 0 Å². The van der Waals surface area contributed by atoms with E-state index in [1.54, 1.807) is 0 Å². The third-order valence-electron chi connectivity index (χ3n) is 4.60. The van der Waals surface area contributed by atoms with Gasteiger partial charge in [0.1, 0.15) is 11.3 Å². The molecule has 1 aliphatic heterocycles. The molecule has 2 aromatic heterocycles. The van der Waals surface area contributed by atoms with E-state index >= 15 is 0 Å². The van der Waals surface area contributed by atoms with Crippen LogP contribution in [0.3, 0.4) is 0 Å². The van der Waals surface area contributed by atoms with Gasteiger partial charge in [-0.15, -0.1) is 0 Å². The predicted molar refractivity (Wildman–Crippen MR) is 96.2 cm³/mol. The molecule has 0 spiro atoms. The molecule has 6 nitrogen and oxygen atoms in total. The second-order valence-electron chi connectivity index (χ2n) is 6.23. The smallest absolute Gasteiger partial charge is 0.227 e. The van der Waals surface area contributed by atoms with E-state index in [1.807, 2.05) is 43.3 Å². The van der Waals surface area contributed by atoms with E-state index < -0.39 is 0 Å². The highest BCUT2D eigenvalue weighted by atomic mass is 16.5. The van der Waals surface area contributed by atoms with Gasteiger partial charge < -0.3 is 14.2 Å². The average Bonchev–Trinajstić information content (AvgIpc) is 3.21. The summed E-state index contributed by atoms with van der Waals surface area (Å²) in [4.78, 5) is 9.32. The van der Waals surface area contributed by atoms with Gasteiger partial charge in [0.2, 0.25) is 5.89 Å². The third kappa shape index (κ3) is 2.37. The van der Waals surface area contributed by atoms with Crippen LogP contribution in [0.25, 0.3) is 33.6 Å². The Morgan fingerprint density at radius 2 is 1.80 bits per heavy atom. The Hall–Kier alpha value is -2.86. The van der Waals surface area contributed by atoms with Crippen LogP contribution >= 0.6 is 0 Å². The van der Waals surface area contributed by atoms with Crippen molar-refractivity contribution in [3.8, 4) is 11.5 Å². The topological polar surface area (TPSA) is 56.3 Å². The minimum Gasteiger partial charge on any atom is -0.436 e. The van der Waals surface area contributed by atoms with Crippen LogP contribution in [0.5, 0.6) is 0 Å². The molecule has 0 aliphatic carbocycles. The number of imidazole rings is 1. The highest BCUT2D eigenvalue weighted by Gasteiger charge is 2.18. The zero-order chi connectivity index (χ0) is 16.8. The summed E-state index contributed by atoms with van der Waals surface area (Å²) < 4.78 is 13.5. The van der Waals surface area contributed by atoms with Gasteiger partial charge in [0.15, 0.2) is 5.58 Å². The lowest BCUT2D eigenvalue weighted by Gasteiger charge is -2.30. The van der Waals surface area contributed by atoms with Crippen molar-refractivity contribution in [3.05, 3.63) is 48.3 Å². The van der Waals surface area contributed by atoms with Crippen molar-refractivity contribution in [2.45, 2.75) is 6.92 Å². The van der Waals surface area contributed by atoms with Crippen LogP contribution < -0.4 is 5.01 Å². The highest BCUT2D eigenvalue weighted by molar-refractivity contribution is 5.83. The second kappa shape index (κ2) is 5.60. The molecule has 0 saturated carbocycles. The number of nitrogens with zero attached hydrogens (tertiary/aromatic N) is 4. The molecule has 3 heterocycles. The van der Waals surface area contributed by atoms with Crippen LogP contribution in [0, 0.1) is 6.92 Å². The molecule has 6 heteroatoms. The van der Waals surface area contributed by atoms with Crippen molar-refractivity contribution in [1.82, 2.24) is 14.6 Å². The van der Waals surface area contributed by atoms with Gasteiger partial charge in [0.05, 0.1) is 37.3 Å². The molecule has 5 rings (SSSR count). The lowest BCUT2D eigenvalue weighted by Crippen LogP contribution is -2.44. The number of aromatic nitrogens is 3. The fraction of sp³-hybridized carbons (Fsp3) is 0.263. The number of rotatable bonds is 2. The maximum absolute atomic E-state index is 5.88. The SMILES string of the molecule is Cc1nc2cc(-c3nc4ccccc4o3)ccc2n1N1CCOCC1. The Morgan fingerprint density at radius 1 is 0.960 bits per heavy atom. The monoisotopic (exact) mass is 334 g/mol. The normalized spacial score (nSPS) is 15.3. The van der Waals surface area contributed by atoms with Gasteiger partial charge >= 0.3 is 0 Å². The number of hydrogen-bond acceptors (Lipinski definition) is 5. The molecule has 1 fully saturated rings. The largest absolute Gasteiger partial charge is 0.436 e. The van der Waals surface area contributed by atoms with E-state index in [2.05, 4.69) is 20.7 Å². The van der Waals surface area contributed by atoms with E-state index in [9.17, 15) is 0 Å². The number of ether oxygens (including phenoxy) is 1. The van der Waals surface area contributed by atoms with E-state index in [1.165, 1.54) is 0 Å². The van der Waals surface area contributed by atoms with Gasteiger partial charge in [-0.25, -0.2) is 14.6 Å². The van der Waals surface area contributed by atoms with Crippen molar-refractivity contribution in [1.29, 1.82) is 0 Å². The van der Waals surface area contributed by atoms with Crippen molar-refractivity contribution < 1.29 is 9.15 Å². The molecule has 0 atom stereocenters. The van der Waals surface area contributed by atoms with Crippen molar-refractivity contribution in [2.24, 2.45) is 0 Å². The number of morpholine rings is 1. The number of fused-ring (bicyclic) bond motifs is 2. The minimum atomic E-state index is 0.627. The molecule has 0 unspecified atom stereocenters. The second-order valence-corrected chi connectivity index (χ2v) is 6.23. The number of oxazole rings is 1. The zero-order valence-corrected chi connectivity index (χ0v) is 14.0. The molecular formula is C19H18N4O2. The van der Waals surface area contributed by atoms with E-state index in [-0.39, 0.29) is 0 Å². The lowest BCUT2D eigenvalue weighted by molar-refractivity contribution is 0.111. The molecule has 4 aromatic rings. The first-order chi connectivity index (χ1) is 12.3. The summed E-state index contributed by atoms with van der Waals surface area (Å²) in [5, 5.41) is 2.28. The summed E-state index contributed by atoms with van der Waals surface area (Å²) in [5.74, 6) is 1.60. The van der Waals surface area contributed by atoms with Gasteiger partial charge in [-0.1, -0.05) is 12.1 Å². The van der Waals surface area contributed by atoms with Gasteiger partial charge in [-0.05, 0) is 37.3 Å². The summed E-state index contributed by atoms with van der Waals surface area (Å²) in [6.07, 6.45) is 0. The summed E-state index contributed by atoms with van der Waals surface area (Å²) in [6, 6.07) is 14.0. The maximum atomic E-state index is 5.88. The molecule has 0 amide bonds. The van der Waals surface area contributed by atoms with Crippen LogP contribution in [-0.2, 0) is 4.74 Å². The minimum absolute atomic E-state index is 0.627. The van der Waals surface area contributed by atoms with Crippen molar-refractivity contribution in [3.63, 3.8) is 0 Å². The quantitative estimate of drug-likeness (QED) is 0.564. The summed E-state index contributed by atoms with van der Waals surface area (Å²) in [7, 11) is 0. The first-order valence-electron chi connectivity index (χ1n) is 8.48. The fourth-order valence-electron chi connectivity index (χ4n) is 3.43. The van der Waals surface area contributed by atoms with Crippen LogP contribution in [0.15, 0.2) is 46.9 Å². The van der Waals surface area contributed by atoms with Crippen LogP contribution in [0.4, 0.5) is 0 Å². The Morgan fingerprint density at radius 3 is 2.64 bits per heavy atom. The summed E-state index contributed by atoms with van der Waals surface area (Å²) in [5.41, 5.74) is 4.65. The Balaban J connectivity index is 1.60. The molecule has 25 heavy (non-hydrogen) atoms. The summed E-state index contributed by atoms with van der Waals surface area (Å²) in [6.45, 7) is 5.28. The number of benzene rings is 2. The Labute approximate surface area is 144 Å². The molecular weight excluding hydrogens is 316 g/mol. The fourth-order valence-corrected chi connectivity index (χ4v) is 3.43. The van der Waals surface area contributed by atoms with Gasteiger partial charge in [0, 0.05) is 5.56 Å². The molecule has 0 radical (unpaired) electrons.